The normalized spacial score (nSPS) is 17.0. The molecule has 144 valence electrons. The van der Waals surface area contributed by atoms with Crippen molar-refractivity contribution in [2.75, 3.05) is 19.6 Å². The van der Waals surface area contributed by atoms with E-state index < -0.39 is 0 Å². The molecule has 0 radical (unpaired) electrons. The highest BCUT2D eigenvalue weighted by Gasteiger charge is 2.26. The van der Waals surface area contributed by atoms with E-state index in [2.05, 4.69) is 5.32 Å². The second kappa shape index (κ2) is 9.09. The van der Waals surface area contributed by atoms with Gasteiger partial charge >= 0.3 is 0 Å². The van der Waals surface area contributed by atoms with Gasteiger partial charge in [-0.1, -0.05) is 23.7 Å². The molecule has 1 N–H and O–H groups in total. The number of hydrogen-bond donors (Lipinski definition) is 1. The zero-order valence-corrected chi connectivity index (χ0v) is 16.3. The average Bonchev–Trinajstić information content (AvgIpc) is 3.10. The van der Waals surface area contributed by atoms with E-state index in [9.17, 15) is 9.59 Å². The van der Waals surface area contributed by atoms with Crippen LogP contribution in [0.15, 0.2) is 41.0 Å². The molecule has 1 aliphatic heterocycles. The molecule has 0 bridgehead atoms. The Morgan fingerprint density at radius 2 is 2.19 bits per heavy atom. The van der Waals surface area contributed by atoms with Gasteiger partial charge in [0.15, 0.2) is 0 Å². The number of rotatable bonds is 6. The zero-order valence-electron chi connectivity index (χ0n) is 15.5. The summed E-state index contributed by atoms with van der Waals surface area (Å²) in [7, 11) is 0. The molecular weight excluding hydrogens is 364 g/mol. The van der Waals surface area contributed by atoms with Crippen LogP contribution in [0, 0.1) is 12.8 Å². The molecule has 3 rings (SSSR count). The van der Waals surface area contributed by atoms with Gasteiger partial charge in [0.25, 0.3) is 5.91 Å². The van der Waals surface area contributed by atoms with E-state index in [1.165, 1.54) is 0 Å². The summed E-state index contributed by atoms with van der Waals surface area (Å²) in [5, 5.41) is 3.70. The monoisotopic (exact) mass is 388 g/mol. The van der Waals surface area contributed by atoms with Gasteiger partial charge in [-0.25, -0.2) is 0 Å². The average molecular weight is 389 g/mol. The summed E-state index contributed by atoms with van der Waals surface area (Å²) >= 11 is 5.97. The third-order valence-corrected chi connectivity index (χ3v) is 5.25. The van der Waals surface area contributed by atoms with Crippen molar-refractivity contribution in [1.82, 2.24) is 10.2 Å². The summed E-state index contributed by atoms with van der Waals surface area (Å²) in [4.78, 5) is 26.6. The first-order chi connectivity index (χ1) is 13.0. The minimum Gasteiger partial charge on any atom is -0.469 e. The summed E-state index contributed by atoms with van der Waals surface area (Å²) in [6.45, 7) is 3.82. The fourth-order valence-electron chi connectivity index (χ4n) is 3.49. The second-order valence-corrected chi connectivity index (χ2v) is 7.52. The first-order valence-electron chi connectivity index (χ1n) is 9.37. The number of carbonyl (C=O) groups is 2. The van der Waals surface area contributed by atoms with Crippen molar-refractivity contribution in [3.8, 4) is 0 Å². The lowest BCUT2D eigenvalue weighted by Gasteiger charge is -2.32. The van der Waals surface area contributed by atoms with Crippen LogP contribution >= 0.6 is 11.6 Å². The van der Waals surface area contributed by atoms with Gasteiger partial charge in [-0.3, -0.25) is 9.59 Å². The fourth-order valence-corrected chi connectivity index (χ4v) is 3.70. The van der Waals surface area contributed by atoms with Crippen molar-refractivity contribution >= 4 is 23.4 Å². The van der Waals surface area contributed by atoms with Gasteiger partial charge in [-0.2, -0.15) is 0 Å². The predicted octanol–water partition coefficient (Wildman–Crippen LogP) is 3.84. The smallest absolute Gasteiger partial charge is 0.257 e. The first kappa shape index (κ1) is 19.5. The lowest BCUT2D eigenvalue weighted by Crippen LogP contribution is -2.43. The molecule has 1 aliphatic rings. The number of likely N-dealkylation sites (tertiary alicyclic amines) is 1. The Balaban J connectivity index is 1.44. The molecule has 1 fully saturated rings. The Bertz CT molecular complexity index is 802. The van der Waals surface area contributed by atoms with Gasteiger partial charge in [-0.05, 0) is 55.9 Å². The van der Waals surface area contributed by atoms with Crippen molar-refractivity contribution in [3.05, 3.63) is 58.5 Å². The molecule has 2 amide bonds. The number of benzene rings is 1. The largest absolute Gasteiger partial charge is 0.469 e. The van der Waals surface area contributed by atoms with Gasteiger partial charge in [0.1, 0.15) is 5.76 Å². The lowest BCUT2D eigenvalue weighted by atomic mass is 9.97. The summed E-state index contributed by atoms with van der Waals surface area (Å²) in [5.41, 5.74) is 1.68. The maximum Gasteiger partial charge on any atom is 0.257 e. The van der Waals surface area contributed by atoms with Crippen LogP contribution in [0.4, 0.5) is 0 Å². The van der Waals surface area contributed by atoms with Crippen LogP contribution in [0.1, 0.15) is 40.9 Å². The number of piperidine rings is 1. The van der Waals surface area contributed by atoms with Crippen molar-refractivity contribution in [2.45, 2.75) is 32.6 Å². The Hall–Kier alpha value is -2.27. The topological polar surface area (TPSA) is 62.6 Å². The Morgan fingerprint density at radius 1 is 1.33 bits per heavy atom. The third kappa shape index (κ3) is 5.36. The zero-order chi connectivity index (χ0) is 19.2. The van der Waals surface area contributed by atoms with Gasteiger partial charge in [-0.15, -0.1) is 0 Å². The molecule has 1 unspecified atom stereocenters. The van der Waals surface area contributed by atoms with E-state index in [4.69, 9.17) is 16.0 Å². The second-order valence-electron chi connectivity index (χ2n) is 7.08. The SMILES string of the molecule is Cc1occc1C(=O)N1CCCC(CNC(=O)CCc2cccc(Cl)c2)C1. The number of nitrogens with one attached hydrogen (secondary N) is 1. The van der Waals surface area contributed by atoms with E-state index in [1.54, 1.807) is 19.3 Å². The van der Waals surface area contributed by atoms with E-state index in [1.807, 2.05) is 29.2 Å². The summed E-state index contributed by atoms with van der Waals surface area (Å²) in [5.74, 6) is 0.976. The maximum absolute atomic E-state index is 12.6. The third-order valence-electron chi connectivity index (χ3n) is 5.01. The first-order valence-corrected chi connectivity index (χ1v) is 9.75. The van der Waals surface area contributed by atoms with Crippen molar-refractivity contribution in [1.29, 1.82) is 0 Å². The van der Waals surface area contributed by atoms with Crippen LogP contribution in [0.3, 0.4) is 0 Å². The van der Waals surface area contributed by atoms with Crippen LogP contribution in [0.2, 0.25) is 5.02 Å². The summed E-state index contributed by atoms with van der Waals surface area (Å²) in [6.07, 6.45) is 4.61. The molecule has 0 aliphatic carbocycles. The van der Waals surface area contributed by atoms with E-state index in [0.29, 0.717) is 42.3 Å². The quantitative estimate of drug-likeness (QED) is 0.817. The van der Waals surface area contributed by atoms with Gasteiger partial charge in [0.2, 0.25) is 5.91 Å². The molecule has 0 saturated carbocycles. The minimum atomic E-state index is 0.0123. The van der Waals surface area contributed by atoms with Gasteiger partial charge in [0, 0.05) is 31.1 Å². The fraction of sp³-hybridized carbons (Fsp3) is 0.429. The number of halogens is 1. The Labute approximate surface area is 164 Å². The predicted molar refractivity (Wildman–Crippen MR) is 105 cm³/mol. The van der Waals surface area contributed by atoms with Crippen LogP contribution in [0.5, 0.6) is 0 Å². The Morgan fingerprint density at radius 3 is 2.93 bits per heavy atom. The molecule has 1 aromatic carbocycles. The molecule has 1 aromatic heterocycles. The van der Waals surface area contributed by atoms with Crippen LogP contribution in [0.25, 0.3) is 0 Å². The summed E-state index contributed by atoms with van der Waals surface area (Å²) < 4.78 is 5.24. The van der Waals surface area contributed by atoms with E-state index in [0.717, 1.165) is 24.9 Å². The maximum atomic E-state index is 12.6. The molecule has 2 heterocycles. The van der Waals surface area contributed by atoms with Crippen LogP contribution in [-0.2, 0) is 11.2 Å². The van der Waals surface area contributed by atoms with Crippen LogP contribution < -0.4 is 5.32 Å². The minimum absolute atomic E-state index is 0.0123. The van der Waals surface area contributed by atoms with Crippen molar-refractivity contribution in [3.63, 3.8) is 0 Å². The van der Waals surface area contributed by atoms with Gasteiger partial charge in [0.05, 0.1) is 11.8 Å². The molecule has 1 saturated heterocycles. The lowest BCUT2D eigenvalue weighted by molar-refractivity contribution is -0.121. The summed E-state index contributed by atoms with van der Waals surface area (Å²) in [6, 6.07) is 9.30. The highest BCUT2D eigenvalue weighted by Crippen LogP contribution is 2.20. The van der Waals surface area contributed by atoms with Crippen molar-refractivity contribution in [2.24, 2.45) is 5.92 Å². The van der Waals surface area contributed by atoms with Gasteiger partial charge < -0.3 is 14.6 Å². The molecule has 1 atom stereocenters. The Kier molecular flexibility index (Phi) is 6.56. The number of hydrogen-bond acceptors (Lipinski definition) is 3. The molecule has 5 nitrogen and oxygen atoms in total. The van der Waals surface area contributed by atoms with Crippen molar-refractivity contribution < 1.29 is 14.0 Å². The number of carbonyl (C=O) groups excluding carboxylic acids is 2. The number of aryl methyl sites for hydroxylation is 2. The molecule has 6 heteroatoms. The van der Waals surface area contributed by atoms with E-state index in [-0.39, 0.29) is 17.7 Å². The highest BCUT2D eigenvalue weighted by atomic mass is 35.5. The standard InChI is InChI=1S/C21H25ClN2O3/c1-15-19(9-11-27-15)21(26)24-10-3-5-17(14-24)13-23-20(25)8-7-16-4-2-6-18(22)12-16/h2,4,6,9,11-12,17H,3,5,7-8,10,13-14H2,1H3,(H,23,25). The highest BCUT2D eigenvalue weighted by molar-refractivity contribution is 6.30. The van der Waals surface area contributed by atoms with Crippen LogP contribution in [-0.4, -0.2) is 36.3 Å². The molecule has 2 aromatic rings. The molecule has 0 spiro atoms. The number of amides is 2. The molecule has 27 heavy (non-hydrogen) atoms. The number of furan rings is 1. The number of nitrogens with zero attached hydrogens (tertiary/aromatic N) is 1. The van der Waals surface area contributed by atoms with E-state index >= 15 is 0 Å². The molecular formula is C21H25ClN2O3.